The number of hydrogen-bond acceptors (Lipinski definition) is 2. The molecule has 2 heteroatoms. The Hall–Kier alpha value is -1.59. The molecule has 0 aliphatic heterocycles. The van der Waals surface area contributed by atoms with Gasteiger partial charge in [-0.3, -0.25) is 0 Å². The maximum absolute atomic E-state index is 8.80. The molecule has 1 rings (SSSR count). The van der Waals surface area contributed by atoms with Crippen LogP contribution in [-0.2, 0) is 6.61 Å². The van der Waals surface area contributed by atoms with Gasteiger partial charge in [-0.15, -0.1) is 0 Å². The largest absolute Gasteiger partial charge is 0.392 e. The highest BCUT2D eigenvalue weighted by Crippen LogP contribution is 2.06. The van der Waals surface area contributed by atoms with Crippen molar-refractivity contribution in [3.8, 4) is 6.07 Å². The van der Waals surface area contributed by atoms with Gasteiger partial charge >= 0.3 is 0 Å². The molecule has 0 fully saturated rings. The predicted molar refractivity (Wildman–Crippen MR) is 47.0 cm³/mol. The molecule has 0 spiro atoms. The zero-order valence-electron chi connectivity index (χ0n) is 6.57. The number of aliphatic hydroxyl groups excluding tert-OH is 1. The molecule has 0 heterocycles. The molecule has 0 atom stereocenters. The maximum atomic E-state index is 8.80. The minimum Gasteiger partial charge on any atom is -0.392 e. The summed E-state index contributed by atoms with van der Waals surface area (Å²) in [6, 6.07) is 9.32. The zero-order chi connectivity index (χ0) is 8.81. The minimum atomic E-state index is 0.0359. The van der Waals surface area contributed by atoms with E-state index < -0.39 is 0 Å². The van der Waals surface area contributed by atoms with Crippen molar-refractivity contribution < 1.29 is 5.11 Å². The molecule has 1 aromatic rings. The van der Waals surface area contributed by atoms with E-state index in [0.29, 0.717) is 0 Å². The Morgan fingerprint density at radius 1 is 1.50 bits per heavy atom. The van der Waals surface area contributed by atoms with Crippen LogP contribution in [0.15, 0.2) is 30.3 Å². The lowest BCUT2D eigenvalue weighted by Gasteiger charge is -1.96. The topological polar surface area (TPSA) is 44.0 Å². The lowest BCUT2D eigenvalue weighted by Crippen LogP contribution is -1.82. The first kappa shape index (κ1) is 8.51. The molecule has 0 saturated heterocycles. The van der Waals surface area contributed by atoms with Crippen LogP contribution in [0.1, 0.15) is 11.1 Å². The SMILES string of the molecule is N#CC=Cc1cccc(CO)c1. The maximum Gasteiger partial charge on any atom is 0.0912 e. The average Bonchev–Trinajstić information content (AvgIpc) is 2.15. The van der Waals surface area contributed by atoms with E-state index >= 15 is 0 Å². The average molecular weight is 159 g/mol. The molecule has 0 aliphatic carbocycles. The summed E-state index contributed by atoms with van der Waals surface area (Å²) in [5, 5.41) is 17.1. The number of allylic oxidation sites excluding steroid dienone is 1. The number of aliphatic hydroxyl groups is 1. The number of hydrogen-bond donors (Lipinski definition) is 1. The van der Waals surface area contributed by atoms with Crippen molar-refractivity contribution in [2.24, 2.45) is 0 Å². The van der Waals surface area contributed by atoms with E-state index in [1.165, 1.54) is 6.08 Å². The van der Waals surface area contributed by atoms with E-state index in [2.05, 4.69) is 0 Å². The molecule has 2 nitrogen and oxygen atoms in total. The summed E-state index contributed by atoms with van der Waals surface area (Å²) in [6.07, 6.45) is 3.12. The van der Waals surface area contributed by atoms with Crippen LogP contribution in [0.5, 0.6) is 0 Å². The third-order valence-electron chi connectivity index (χ3n) is 1.48. The molecule has 1 N–H and O–H groups in total. The van der Waals surface area contributed by atoms with E-state index in [4.69, 9.17) is 10.4 Å². The Labute approximate surface area is 71.4 Å². The molecule has 0 bridgehead atoms. The second-order valence-corrected chi connectivity index (χ2v) is 2.37. The molecule has 0 amide bonds. The number of nitriles is 1. The molecule has 0 aromatic heterocycles. The van der Waals surface area contributed by atoms with Crippen LogP contribution in [0.25, 0.3) is 6.08 Å². The number of benzene rings is 1. The summed E-state index contributed by atoms with van der Waals surface area (Å²) in [7, 11) is 0. The van der Waals surface area contributed by atoms with Gasteiger partial charge in [0.05, 0.1) is 12.7 Å². The van der Waals surface area contributed by atoms with Crippen molar-refractivity contribution in [2.75, 3.05) is 0 Å². The minimum absolute atomic E-state index is 0.0359. The van der Waals surface area contributed by atoms with Gasteiger partial charge in [-0.2, -0.15) is 5.26 Å². The van der Waals surface area contributed by atoms with Crippen LogP contribution in [-0.4, -0.2) is 5.11 Å². The highest BCUT2D eigenvalue weighted by atomic mass is 16.3. The highest BCUT2D eigenvalue weighted by Gasteiger charge is 1.89. The molecule has 1 aromatic carbocycles. The fourth-order valence-electron chi connectivity index (χ4n) is 0.929. The molecule has 0 unspecified atom stereocenters. The molecule has 12 heavy (non-hydrogen) atoms. The summed E-state index contributed by atoms with van der Waals surface area (Å²) in [5.41, 5.74) is 1.79. The van der Waals surface area contributed by atoms with Crippen molar-refractivity contribution in [3.05, 3.63) is 41.5 Å². The molecule has 0 aliphatic rings. The van der Waals surface area contributed by atoms with Gasteiger partial charge in [0.15, 0.2) is 0 Å². The van der Waals surface area contributed by atoms with Gasteiger partial charge in [-0.05, 0) is 23.3 Å². The van der Waals surface area contributed by atoms with Crippen molar-refractivity contribution in [1.29, 1.82) is 5.26 Å². The Morgan fingerprint density at radius 3 is 3.00 bits per heavy atom. The third-order valence-corrected chi connectivity index (χ3v) is 1.48. The number of rotatable bonds is 2. The van der Waals surface area contributed by atoms with E-state index in [0.717, 1.165) is 11.1 Å². The Bertz CT molecular complexity index is 323. The lowest BCUT2D eigenvalue weighted by atomic mass is 10.1. The lowest BCUT2D eigenvalue weighted by molar-refractivity contribution is 0.282. The first-order valence-electron chi connectivity index (χ1n) is 3.63. The van der Waals surface area contributed by atoms with Crippen LogP contribution >= 0.6 is 0 Å². The second-order valence-electron chi connectivity index (χ2n) is 2.37. The Kier molecular flexibility index (Phi) is 3.06. The van der Waals surface area contributed by atoms with Crippen molar-refractivity contribution in [2.45, 2.75) is 6.61 Å². The second kappa shape index (κ2) is 4.32. The normalized spacial score (nSPS) is 10.0. The van der Waals surface area contributed by atoms with Crippen LogP contribution in [0, 0.1) is 11.3 Å². The smallest absolute Gasteiger partial charge is 0.0912 e. The highest BCUT2D eigenvalue weighted by molar-refractivity contribution is 5.52. The molecular formula is C10H9NO. The van der Waals surface area contributed by atoms with Crippen LogP contribution in [0.3, 0.4) is 0 Å². The van der Waals surface area contributed by atoms with Gasteiger partial charge in [0.25, 0.3) is 0 Å². The van der Waals surface area contributed by atoms with E-state index in [1.54, 1.807) is 6.08 Å². The van der Waals surface area contributed by atoms with Crippen LogP contribution < -0.4 is 0 Å². The van der Waals surface area contributed by atoms with Gasteiger partial charge in [0.2, 0.25) is 0 Å². The number of nitrogens with zero attached hydrogens (tertiary/aromatic N) is 1. The van der Waals surface area contributed by atoms with Crippen LogP contribution in [0.4, 0.5) is 0 Å². The van der Waals surface area contributed by atoms with Gasteiger partial charge in [-0.1, -0.05) is 18.2 Å². The van der Waals surface area contributed by atoms with E-state index in [-0.39, 0.29) is 6.61 Å². The fraction of sp³-hybridized carbons (Fsp3) is 0.100. The molecule has 0 saturated carbocycles. The van der Waals surface area contributed by atoms with Gasteiger partial charge in [0, 0.05) is 6.08 Å². The fourth-order valence-corrected chi connectivity index (χ4v) is 0.929. The van der Waals surface area contributed by atoms with Gasteiger partial charge < -0.3 is 5.11 Å². The van der Waals surface area contributed by atoms with Crippen LogP contribution in [0.2, 0.25) is 0 Å². The summed E-state index contributed by atoms with van der Waals surface area (Å²) in [4.78, 5) is 0. The summed E-state index contributed by atoms with van der Waals surface area (Å²) >= 11 is 0. The van der Waals surface area contributed by atoms with Crippen molar-refractivity contribution in [1.82, 2.24) is 0 Å². The van der Waals surface area contributed by atoms with Gasteiger partial charge in [-0.25, -0.2) is 0 Å². The summed E-state index contributed by atoms with van der Waals surface area (Å²) in [6.45, 7) is 0.0359. The molecular weight excluding hydrogens is 150 g/mol. The van der Waals surface area contributed by atoms with Gasteiger partial charge in [0.1, 0.15) is 0 Å². The van der Waals surface area contributed by atoms with E-state index in [1.807, 2.05) is 30.3 Å². The monoisotopic (exact) mass is 159 g/mol. The Morgan fingerprint density at radius 2 is 2.33 bits per heavy atom. The standard InChI is InChI=1S/C10H9NO/c11-6-2-5-9-3-1-4-10(7-9)8-12/h1-5,7,12H,8H2. The van der Waals surface area contributed by atoms with Crippen molar-refractivity contribution >= 4 is 6.08 Å². The van der Waals surface area contributed by atoms with E-state index in [9.17, 15) is 0 Å². The summed E-state index contributed by atoms with van der Waals surface area (Å²) < 4.78 is 0. The third kappa shape index (κ3) is 2.22. The first-order valence-corrected chi connectivity index (χ1v) is 3.63. The molecule has 60 valence electrons. The predicted octanol–water partition coefficient (Wildman–Crippen LogP) is 1.72. The first-order chi connectivity index (χ1) is 5.86. The molecule has 0 radical (unpaired) electrons. The Balaban J connectivity index is 2.88. The van der Waals surface area contributed by atoms with Crippen molar-refractivity contribution in [3.63, 3.8) is 0 Å². The quantitative estimate of drug-likeness (QED) is 0.667. The zero-order valence-corrected chi connectivity index (χ0v) is 6.57. The summed E-state index contributed by atoms with van der Waals surface area (Å²) in [5.74, 6) is 0.